The van der Waals surface area contributed by atoms with Crippen molar-refractivity contribution >= 4 is 0 Å². The smallest absolute Gasteiger partial charge is 0.0700 e. The van der Waals surface area contributed by atoms with Gasteiger partial charge in [0.15, 0.2) is 0 Å². The Morgan fingerprint density at radius 2 is 2.14 bits per heavy atom. The molecule has 0 aromatic rings. The molecule has 0 heterocycles. The van der Waals surface area contributed by atoms with E-state index in [0.29, 0.717) is 6.04 Å². The van der Waals surface area contributed by atoms with Gasteiger partial charge in [-0.2, -0.15) is 0 Å². The average Bonchev–Trinajstić information content (AvgIpc) is 2.18. The summed E-state index contributed by atoms with van der Waals surface area (Å²) in [5.74, 6) is 2.68. The van der Waals surface area contributed by atoms with E-state index in [-0.39, 0.29) is 6.10 Å². The van der Waals surface area contributed by atoms with Crippen molar-refractivity contribution in [3.8, 4) is 12.3 Å². The van der Waals surface area contributed by atoms with Crippen LogP contribution in [0.1, 0.15) is 40.0 Å². The van der Waals surface area contributed by atoms with Crippen LogP contribution in [-0.4, -0.2) is 25.3 Å². The maximum Gasteiger partial charge on any atom is 0.0700 e. The number of hydrogen-bond acceptors (Lipinski definition) is 2. The molecule has 0 fully saturated rings. The van der Waals surface area contributed by atoms with Crippen LogP contribution in [0, 0.1) is 12.3 Å². The number of rotatable bonds is 8. The van der Waals surface area contributed by atoms with E-state index >= 15 is 0 Å². The summed E-state index contributed by atoms with van der Waals surface area (Å²) in [7, 11) is 0. The van der Waals surface area contributed by atoms with Crippen LogP contribution in [0.3, 0.4) is 0 Å². The van der Waals surface area contributed by atoms with Crippen molar-refractivity contribution in [3.05, 3.63) is 0 Å². The molecule has 0 aromatic heterocycles. The van der Waals surface area contributed by atoms with Crippen LogP contribution in [0.25, 0.3) is 0 Å². The molecule has 0 radical (unpaired) electrons. The largest absolute Gasteiger partial charge is 0.377 e. The molecule has 0 amide bonds. The molecule has 0 bridgehead atoms. The predicted octanol–water partition coefficient (Wildman–Crippen LogP) is 2.19. The van der Waals surface area contributed by atoms with Gasteiger partial charge in [0.25, 0.3) is 0 Å². The Kier molecular flexibility index (Phi) is 8.72. The molecule has 0 aliphatic heterocycles. The van der Waals surface area contributed by atoms with Crippen LogP contribution in [-0.2, 0) is 4.74 Å². The van der Waals surface area contributed by atoms with E-state index in [2.05, 4.69) is 25.1 Å². The Bertz CT molecular complexity index is 162. The number of terminal acetylenes is 1. The zero-order valence-corrected chi connectivity index (χ0v) is 9.68. The second-order valence-corrected chi connectivity index (χ2v) is 3.46. The fourth-order valence-corrected chi connectivity index (χ4v) is 1.45. The van der Waals surface area contributed by atoms with E-state index in [1.54, 1.807) is 0 Å². The van der Waals surface area contributed by atoms with E-state index in [0.717, 1.165) is 32.4 Å². The van der Waals surface area contributed by atoms with Crippen LogP contribution in [0.4, 0.5) is 0 Å². The molecule has 14 heavy (non-hydrogen) atoms. The van der Waals surface area contributed by atoms with Gasteiger partial charge in [0, 0.05) is 19.1 Å². The fourth-order valence-electron chi connectivity index (χ4n) is 1.45. The zero-order valence-electron chi connectivity index (χ0n) is 9.68. The van der Waals surface area contributed by atoms with Gasteiger partial charge in [0.05, 0.1) is 6.10 Å². The van der Waals surface area contributed by atoms with Crippen molar-refractivity contribution < 1.29 is 4.74 Å². The molecule has 82 valence electrons. The van der Waals surface area contributed by atoms with Crippen molar-refractivity contribution in [2.24, 2.45) is 0 Å². The third kappa shape index (κ3) is 6.01. The minimum absolute atomic E-state index is 0.250. The van der Waals surface area contributed by atoms with E-state index in [1.165, 1.54) is 0 Å². The molecule has 0 rings (SSSR count). The molecular formula is C12H23NO. The third-order valence-electron chi connectivity index (χ3n) is 2.25. The number of ether oxygens (including phenoxy) is 1. The van der Waals surface area contributed by atoms with Crippen molar-refractivity contribution in [3.63, 3.8) is 0 Å². The third-order valence-corrected chi connectivity index (χ3v) is 2.25. The summed E-state index contributed by atoms with van der Waals surface area (Å²) in [5.41, 5.74) is 0. The highest BCUT2D eigenvalue weighted by molar-refractivity contribution is 4.87. The quantitative estimate of drug-likeness (QED) is 0.602. The van der Waals surface area contributed by atoms with Gasteiger partial charge in [-0.25, -0.2) is 0 Å². The molecule has 0 aliphatic carbocycles. The Morgan fingerprint density at radius 1 is 1.43 bits per heavy atom. The normalized spacial score (nSPS) is 14.7. The predicted molar refractivity (Wildman–Crippen MR) is 61.2 cm³/mol. The highest BCUT2D eigenvalue weighted by atomic mass is 16.5. The molecule has 0 saturated heterocycles. The van der Waals surface area contributed by atoms with Gasteiger partial charge in [0.1, 0.15) is 0 Å². The molecule has 0 spiro atoms. The highest BCUT2D eigenvalue weighted by Gasteiger charge is 2.15. The number of hydrogen-bond donors (Lipinski definition) is 1. The molecule has 2 heteroatoms. The van der Waals surface area contributed by atoms with E-state index in [4.69, 9.17) is 11.2 Å². The molecule has 1 N–H and O–H groups in total. The minimum Gasteiger partial charge on any atom is -0.377 e. The average molecular weight is 197 g/mol. The molecule has 0 saturated carbocycles. The Balaban J connectivity index is 3.88. The SMILES string of the molecule is C#CCCC(NCCC)C(C)OCC. The summed E-state index contributed by atoms with van der Waals surface area (Å²) in [5, 5.41) is 3.47. The van der Waals surface area contributed by atoms with Crippen LogP contribution in [0.15, 0.2) is 0 Å². The van der Waals surface area contributed by atoms with Crippen LogP contribution in [0.2, 0.25) is 0 Å². The van der Waals surface area contributed by atoms with Gasteiger partial charge in [-0.1, -0.05) is 6.92 Å². The van der Waals surface area contributed by atoms with E-state index in [9.17, 15) is 0 Å². The second kappa shape index (κ2) is 9.05. The van der Waals surface area contributed by atoms with Gasteiger partial charge >= 0.3 is 0 Å². The molecule has 0 aliphatic rings. The Hall–Kier alpha value is -0.520. The van der Waals surface area contributed by atoms with Crippen molar-refractivity contribution in [2.45, 2.75) is 52.2 Å². The zero-order chi connectivity index (χ0) is 10.8. The maximum atomic E-state index is 5.57. The van der Waals surface area contributed by atoms with Crippen LogP contribution < -0.4 is 5.32 Å². The van der Waals surface area contributed by atoms with Gasteiger partial charge in [-0.3, -0.25) is 0 Å². The summed E-state index contributed by atoms with van der Waals surface area (Å²) >= 11 is 0. The van der Waals surface area contributed by atoms with Crippen LogP contribution >= 0.6 is 0 Å². The van der Waals surface area contributed by atoms with Crippen molar-refractivity contribution in [1.29, 1.82) is 0 Å². The lowest BCUT2D eigenvalue weighted by atomic mass is 10.1. The van der Waals surface area contributed by atoms with Crippen LogP contribution in [0.5, 0.6) is 0 Å². The lowest BCUT2D eigenvalue weighted by molar-refractivity contribution is 0.0457. The lowest BCUT2D eigenvalue weighted by Crippen LogP contribution is -2.40. The second-order valence-electron chi connectivity index (χ2n) is 3.46. The summed E-state index contributed by atoms with van der Waals surface area (Å²) < 4.78 is 5.57. The van der Waals surface area contributed by atoms with E-state index in [1.807, 2.05) is 6.92 Å². The summed E-state index contributed by atoms with van der Waals surface area (Å²) in [6.45, 7) is 8.09. The summed E-state index contributed by atoms with van der Waals surface area (Å²) in [6.07, 6.45) is 8.47. The first-order chi connectivity index (χ1) is 6.76. The summed E-state index contributed by atoms with van der Waals surface area (Å²) in [4.78, 5) is 0. The topological polar surface area (TPSA) is 21.3 Å². The standard InChI is InChI=1S/C12H23NO/c1-5-8-9-12(13-10-6-2)11(4)14-7-3/h1,11-13H,6-10H2,2-4H3. The van der Waals surface area contributed by atoms with Crippen molar-refractivity contribution in [2.75, 3.05) is 13.2 Å². The molecule has 2 nitrogen and oxygen atoms in total. The monoisotopic (exact) mass is 197 g/mol. The molecule has 0 aromatic carbocycles. The Labute approximate surface area is 88.4 Å². The lowest BCUT2D eigenvalue weighted by Gasteiger charge is -2.24. The molecule has 2 unspecified atom stereocenters. The first kappa shape index (κ1) is 13.5. The summed E-state index contributed by atoms with van der Waals surface area (Å²) in [6, 6.07) is 0.394. The minimum atomic E-state index is 0.250. The maximum absolute atomic E-state index is 5.57. The first-order valence-corrected chi connectivity index (χ1v) is 5.54. The van der Waals surface area contributed by atoms with Gasteiger partial charge in [-0.15, -0.1) is 12.3 Å². The van der Waals surface area contributed by atoms with Crippen molar-refractivity contribution in [1.82, 2.24) is 5.32 Å². The number of nitrogens with one attached hydrogen (secondary N) is 1. The van der Waals surface area contributed by atoms with Gasteiger partial charge in [0.2, 0.25) is 0 Å². The fraction of sp³-hybridized carbons (Fsp3) is 0.833. The highest BCUT2D eigenvalue weighted by Crippen LogP contribution is 2.06. The molecular weight excluding hydrogens is 174 g/mol. The first-order valence-electron chi connectivity index (χ1n) is 5.54. The Morgan fingerprint density at radius 3 is 2.64 bits per heavy atom. The van der Waals surface area contributed by atoms with E-state index < -0.39 is 0 Å². The molecule has 2 atom stereocenters. The van der Waals surface area contributed by atoms with Gasteiger partial charge < -0.3 is 10.1 Å². The van der Waals surface area contributed by atoms with Gasteiger partial charge in [-0.05, 0) is 33.2 Å².